The molecule has 0 unspecified atom stereocenters. The Morgan fingerprint density at radius 1 is 0.633 bits per heavy atom. The monoisotopic (exact) mass is 391 g/mol. The third-order valence-corrected chi connectivity index (χ3v) is 5.50. The predicted octanol–water partition coefficient (Wildman–Crippen LogP) is 8.19. The van der Waals surface area contributed by atoms with Crippen molar-refractivity contribution in [3.63, 3.8) is 0 Å². The van der Waals surface area contributed by atoms with Gasteiger partial charge in [0.25, 0.3) is 0 Å². The number of furan rings is 1. The molecule has 4 aromatic carbocycles. The lowest BCUT2D eigenvalue weighted by Crippen LogP contribution is -2.37. The molecule has 0 N–H and O–H groups in total. The Balaban J connectivity index is 1.75. The number of anilines is 2. The quantitative estimate of drug-likeness (QED) is 0.308. The smallest absolute Gasteiger partial charge is 0.137 e. The molecule has 0 amide bonds. The largest absolute Gasteiger partial charge is 0.456 e. The third-order valence-electron chi connectivity index (χ3n) is 5.50. The van der Waals surface area contributed by atoms with Gasteiger partial charge in [0.15, 0.2) is 0 Å². The van der Waals surface area contributed by atoms with Gasteiger partial charge < -0.3 is 9.32 Å². The Morgan fingerprint density at radius 3 is 2.10 bits per heavy atom. The zero-order valence-electron chi connectivity index (χ0n) is 17.6. The van der Waals surface area contributed by atoms with E-state index in [1.165, 1.54) is 16.8 Å². The minimum atomic E-state index is -0.123. The van der Waals surface area contributed by atoms with Crippen LogP contribution in [0.3, 0.4) is 0 Å². The van der Waals surface area contributed by atoms with Gasteiger partial charge in [0, 0.05) is 16.6 Å². The van der Waals surface area contributed by atoms with Gasteiger partial charge in [0.2, 0.25) is 0 Å². The first-order valence-electron chi connectivity index (χ1n) is 10.4. The van der Waals surface area contributed by atoms with Crippen molar-refractivity contribution in [2.75, 3.05) is 4.90 Å². The van der Waals surface area contributed by atoms with Crippen LogP contribution in [-0.4, -0.2) is 5.54 Å². The van der Waals surface area contributed by atoms with Crippen LogP contribution in [0.4, 0.5) is 11.4 Å². The summed E-state index contributed by atoms with van der Waals surface area (Å²) in [6.07, 6.45) is 0. The van der Waals surface area contributed by atoms with E-state index in [1.54, 1.807) is 0 Å². The lowest BCUT2D eigenvalue weighted by Gasteiger charge is -2.38. The van der Waals surface area contributed by atoms with Crippen molar-refractivity contribution in [2.45, 2.75) is 26.3 Å². The molecule has 0 saturated carbocycles. The van der Waals surface area contributed by atoms with Crippen molar-refractivity contribution in [3.05, 3.63) is 97.1 Å². The molecule has 1 heterocycles. The second-order valence-electron chi connectivity index (χ2n) is 8.67. The molecule has 0 aliphatic heterocycles. The SMILES string of the molecule is CC(C)(C)N(c1cccc(-c2ccccc2)c1)c1cccc2oc3ccccc3c12. The summed E-state index contributed by atoms with van der Waals surface area (Å²) in [6, 6.07) is 33.9. The lowest BCUT2D eigenvalue weighted by molar-refractivity contribution is 0.561. The second-order valence-corrected chi connectivity index (χ2v) is 8.67. The molecule has 5 aromatic rings. The number of nitrogens with zero attached hydrogens (tertiary/aromatic N) is 1. The maximum Gasteiger partial charge on any atom is 0.137 e. The van der Waals surface area contributed by atoms with Crippen molar-refractivity contribution in [3.8, 4) is 11.1 Å². The summed E-state index contributed by atoms with van der Waals surface area (Å²) >= 11 is 0. The van der Waals surface area contributed by atoms with Crippen LogP contribution in [0.5, 0.6) is 0 Å². The minimum absolute atomic E-state index is 0.123. The summed E-state index contributed by atoms with van der Waals surface area (Å²) in [7, 11) is 0. The van der Waals surface area contributed by atoms with Gasteiger partial charge in [-0.25, -0.2) is 0 Å². The molecule has 2 heteroatoms. The van der Waals surface area contributed by atoms with Gasteiger partial charge in [-0.15, -0.1) is 0 Å². The van der Waals surface area contributed by atoms with E-state index in [4.69, 9.17) is 4.42 Å². The summed E-state index contributed by atoms with van der Waals surface area (Å²) in [5.41, 5.74) is 6.49. The predicted molar refractivity (Wildman–Crippen MR) is 127 cm³/mol. The fourth-order valence-electron chi connectivity index (χ4n) is 4.29. The van der Waals surface area contributed by atoms with Crippen molar-refractivity contribution < 1.29 is 4.42 Å². The van der Waals surface area contributed by atoms with E-state index >= 15 is 0 Å². The van der Waals surface area contributed by atoms with Gasteiger partial charge in [0.05, 0.1) is 11.1 Å². The second kappa shape index (κ2) is 7.07. The van der Waals surface area contributed by atoms with Gasteiger partial charge in [0.1, 0.15) is 11.2 Å². The molecule has 0 aliphatic rings. The fourth-order valence-corrected chi connectivity index (χ4v) is 4.29. The fraction of sp³-hybridized carbons (Fsp3) is 0.143. The molecular formula is C28H25NO. The molecule has 2 nitrogen and oxygen atoms in total. The highest BCUT2D eigenvalue weighted by Crippen LogP contribution is 2.42. The molecule has 0 radical (unpaired) electrons. The van der Waals surface area contributed by atoms with Crippen molar-refractivity contribution in [2.24, 2.45) is 0 Å². The number of benzene rings is 4. The lowest BCUT2D eigenvalue weighted by atomic mass is 9.98. The zero-order valence-corrected chi connectivity index (χ0v) is 17.6. The third kappa shape index (κ3) is 3.15. The summed E-state index contributed by atoms with van der Waals surface area (Å²) in [6.45, 7) is 6.76. The van der Waals surface area contributed by atoms with E-state index in [9.17, 15) is 0 Å². The molecule has 30 heavy (non-hydrogen) atoms. The van der Waals surface area contributed by atoms with E-state index in [-0.39, 0.29) is 5.54 Å². The average molecular weight is 392 g/mol. The Hall–Kier alpha value is -3.52. The van der Waals surface area contributed by atoms with Gasteiger partial charge in [-0.1, -0.05) is 66.7 Å². The van der Waals surface area contributed by atoms with E-state index in [1.807, 2.05) is 12.1 Å². The van der Waals surface area contributed by atoms with Gasteiger partial charge >= 0.3 is 0 Å². The summed E-state index contributed by atoms with van der Waals surface area (Å²) in [4.78, 5) is 2.42. The van der Waals surface area contributed by atoms with Gasteiger partial charge in [-0.05, 0) is 62.2 Å². The van der Waals surface area contributed by atoms with Crippen molar-refractivity contribution in [1.82, 2.24) is 0 Å². The van der Waals surface area contributed by atoms with Gasteiger partial charge in [-0.3, -0.25) is 0 Å². The Morgan fingerprint density at radius 2 is 1.30 bits per heavy atom. The molecule has 0 spiro atoms. The molecule has 0 aliphatic carbocycles. The minimum Gasteiger partial charge on any atom is -0.456 e. The molecule has 0 fully saturated rings. The van der Waals surface area contributed by atoms with Crippen LogP contribution in [-0.2, 0) is 0 Å². The van der Waals surface area contributed by atoms with Crippen LogP contribution in [0.1, 0.15) is 20.8 Å². The van der Waals surface area contributed by atoms with E-state index < -0.39 is 0 Å². The Labute approximate surface area is 177 Å². The standard InChI is InChI=1S/C28H25NO/c1-28(2,3)29(22-14-9-13-21(19-22)20-11-5-4-6-12-20)24-16-10-18-26-27(24)23-15-7-8-17-25(23)30-26/h4-19H,1-3H3. The number of hydrogen-bond donors (Lipinski definition) is 0. The molecule has 148 valence electrons. The first-order chi connectivity index (χ1) is 14.5. The van der Waals surface area contributed by atoms with Crippen LogP contribution in [0.15, 0.2) is 101 Å². The summed E-state index contributed by atoms with van der Waals surface area (Å²) in [5.74, 6) is 0. The first kappa shape index (κ1) is 18.5. The van der Waals surface area contributed by atoms with Crippen LogP contribution in [0.25, 0.3) is 33.1 Å². The first-order valence-corrected chi connectivity index (χ1v) is 10.4. The molecule has 0 bridgehead atoms. The molecule has 5 rings (SSSR count). The van der Waals surface area contributed by atoms with Crippen molar-refractivity contribution in [1.29, 1.82) is 0 Å². The topological polar surface area (TPSA) is 16.4 Å². The Bertz CT molecular complexity index is 1330. The average Bonchev–Trinajstić information content (AvgIpc) is 3.13. The van der Waals surface area contributed by atoms with Crippen LogP contribution in [0, 0.1) is 0 Å². The van der Waals surface area contributed by atoms with Gasteiger partial charge in [-0.2, -0.15) is 0 Å². The van der Waals surface area contributed by atoms with E-state index in [2.05, 4.69) is 111 Å². The number of rotatable bonds is 3. The maximum absolute atomic E-state index is 6.16. The summed E-state index contributed by atoms with van der Waals surface area (Å²) < 4.78 is 6.16. The van der Waals surface area contributed by atoms with E-state index in [0.717, 1.165) is 27.6 Å². The normalized spacial score (nSPS) is 11.8. The molecule has 0 atom stereocenters. The molecular weight excluding hydrogens is 366 g/mol. The Kier molecular flexibility index (Phi) is 4.36. The summed E-state index contributed by atoms with van der Waals surface area (Å²) in [5, 5.41) is 2.31. The zero-order chi connectivity index (χ0) is 20.7. The molecule has 1 aromatic heterocycles. The van der Waals surface area contributed by atoms with Crippen LogP contribution < -0.4 is 4.90 Å². The maximum atomic E-state index is 6.16. The number of hydrogen-bond acceptors (Lipinski definition) is 2. The molecule has 0 saturated heterocycles. The number of para-hydroxylation sites is 1. The highest BCUT2D eigenvalue weighted by atomic mass is 16.3. The van der Waals surface area contributed by atoms with E-state index in [0.29, 0.717) is 0 Å². The highest BCUT2D eigenvalue weighted by Gasteiger charge is 2.27. The van der Waals surface area contributed by atoms with Crippen LogP contribution in [0.2, 0.25) is 0 Å². The van der Waals surface area contributed by atoms with Crippen molar-refractivity contribution >= 4 is 33.3 Å². The van der Waals surface area contributed by atoms with Crippen LogP contribution >= 0.6 is 0 Å². The highest BCUT2D eigenvalue weighted by molar-refractivity contribution is 6.12. The number of fused-ring (bicyclic) bond motifs is 3.